The summed E-state index contributed by atoms with van der Waals surface area (Å²) in [6.45, 7) is 6.46. The van der Waals surface area contributed by atoms with Crippen LogP contribution in [0.2, 0.25) is 0 Å². The molecule has 0 unspecified atom stereocenters. The summed E-state index contributed by atoms with van der Waals surface area (Å²) in [5, 5.41) is 2.94. The standard InChI is InChI=1S/C16H21N3O4/c1-16(2,10-5-7-22-8-6-10)9-17-14(20)11-3-4-12-13(18-11)19-15(21)23-12/h3-4,10H,5-9H2,1-2H3,(H,17,20)(H,18,19,21). The van der Waals surface area contributed by atoms with E-state index < -0.39 is 5.76 Å². The van der Waals surface area contributed by atoms with Gasteiger partial charge in [-0.05, 0) is 36.3 Å². The molecular formula is C16H21N3O4. The minimum absolute atomic E-state index is 0.00645. The van der Waals surface area contributed by atoms with Gasteiger partial charge in [0.05, 0.1) is 0 Å². The predicted octanol–water partition coefficient (Wildman–Crippen LogP) is 1.70. The van der Waals surface area contributed by atoms with Crippen molar-refractivity contribution in [3.63, 3.8) is 0 Å². The van der Waals surface area contributed by atoms with Gasteiger partial charge in [0.15, 0.2) is 11.2 Å². The first-order valence-electron chi connectivity index (χ1n) is 7.81. The molecule has 2 aromatic rings. The molecule has 1 aliphatic heterocycles. The van der Waals surface area contributed by atoms with Crippen LogP contribution in [0.3, 0.4) is 0 Å². The number of fused-ring (bicyclic) bond motifs is 1. The Balaban J connectivity index is 1.66. The molecule has 7 heteroatoms. The molecule has 0 radical (unpaired) electrons. The van der Waals surface area contributed by atoms with E-state index in [-0.39, 0.29) is 22.7 Å². The second-order valence-corrected chi connectivity index (χ2v) is 6.62. The molecule has 124 valence electrons. The highest BCUT2D eigenvalue weighted by atomic mass is 16.5. The highest BCUT2D eigenvalue weighted by Gasteiger charge is 2.31. The van der Waals surface area contributed by atoms with E-state index in [0.29, 0.717) is 18.0 Å². The zero-order valence-electron chi connectivity index (χ0n) is 13.3. The lowest BCUT2D eigenvalue weighted by molar-refractivity contribution is 0.0227. The Labute approximate surface area is 133 Å². The normalized spacial score (nSPS) is 16.6. The predicted molar refractivity (Wildman–Crippen MR) is 84.3 cm³/mol. The van der Waals surface area contributed by atoms with Crippen molar-refractivity contribution in [2.45, 2.75) is 26.7 Å². The number of carbonyl (C=O) groups excluding carboxylic acids is 1. The first kappa shape index (κ1) is 15.7. The van der Waals surface area contributed by atoms with E-state index in [1.54, 1.807) is 12.1 Å². The van der Waals surface area contributed by atoms with Gasteiger partial charge in [0, 0.05) is 19.8 Å². The minimum atomic E-state index is -0.578. The Morgan fingerprint density at radius 3 is 2.87 bits per heavy atom. The molecule has 23 heavy (non-hydrogen) atoms. The fourth-order valence-corrected chi connectivity index (χ4v) is 2.99. The molecule has 2 N–H and O–H groups in total. The van der Waals surface area contributed by atoms with Gasteiger partial charge in [0.2, 0.25) is 0 Å². The van der Waals surface area contributed by atoms with Crippen LogP contribution < -0.4 is 11.1 Å². The number of aromatic amines is 1. The Morgan fingerprint density at radius 2 is 2.13 bits per heavy atom. The maximum Gasteiger partial charge on any atom is 0.418 e. The lowest BCUT2D eigenvalue weighted by Gasteiger charge is -2.37. The van der Waals surface area contributed by atoms with Crippen molar-refractivity contribution >= 4 is 17.1 Å². The number of carbonyl (C=O) groups is 1. The molecule has 2 aromatic heterocycles. The molecule has 7 nitrogen and oxygen atoms in total. The van der Waals surface area contributed by atoms with Gasteiger partial charge < -0.3 is 14.5 Å². The zero-order valence-corrected chi connectivity index (χ0v) is 13.3. The maximum atomic E-state index is 12.3. The number of amides is 1. The molecule has 1 aliphatic rings. The smallest absolute Gasteiger partial charge is 0.406 e. The number of aromatic nitrogens is 2. The summed E-state index contributed by atoms with van der Waals surface area (Å²) < 4.78 is 10.3. The van der Waals surface area contributed by atoms with Crippen molar-refractivity contribution < 1.29 is 13.9 Å². The number of nitrogens with zero attached hydrogens (tertiary/aromatic N) is 1. The molecule has 3 rings (SSSR count). The van der Waals surface area contributed by atoms with Gasteiger partial charge >= 0.3 is 5.76 Å². The van der Waals surface area contributed by atoms with Crippen molar-refractivity contribution in [3.05, 3.63) is 28.4 Å². The van der Waals surface area contributed by atoms with E-state index in [9.17, 15) is 9.59 Å². The third kappa shape index (κ3) is 3.44. The van der Waals surface area contributed by atoms with Crippen LogP contribution in [0.15, 0.2) is 21.3 Å². The lowest BCUT2D eigenvalue weighted by atomic mass is 9.74. The highest BCUT2D eigenvalue weighted by molar-refractivity contribution is 5.93. The third-order valence-electron chi connectivity index (χ3n) is 4.55. The van der Waals surface area contributed by atoms with Crippen LogP contribution in [0, 0.1) is 11.3 Å². The van der Waals surface area contributed by atoms with Gasteiger partial charge in [-0.15, -0.1) is 0 Å². The van der Waals surface area contributed by atoms with Crippen LogP contribution in [0.4, 0.5) is 0 Å². The second-order valence-electron chi connectivity index (χ2n) is 6.62. The van der Waals surface area contributed by atoms with Gasteiger partial charge in [-0.3, -0.25) is 9.78 Å². The van der Waals surface area contributed by atoms with E-state index in [0.717, 1.165) is 26.1 Å². The van der Waals surface area contributed by atoms with Gasteiger partial charge in [-0.2, -0.15) is 0 Å². The number of ether oxygens (including phenoxy) is 1. The van der Waals surface area contributed by atoms with Crippen LogP contribution in [0.1, 0.15) is 37.2 Å². The topological polar surface area (TPSA) is 97.2 Å². The first-order chi connectivity index (χ1) is 11.0. The number of rotatable bonds is 4. The molecule has 0 atom stereocenters. The largest absolute Gasteiger partial charge is 0.418 e. The fraction of sp³-hybridized carbons (Fsp3) is 0.562. The molecule has 0 spiro atoms. The van der Waals surface area contributed by atoms with Crippen molar-refractivity contribution in [2.24, 2.45) is 11.3 Å². The van der Waals surface area contributed by atoms with E-state index >= 15 is 0 Å². The molecule has 1 fully saturated rings. The van der Waals surface area contributed by atoms with Gasteiger partial charge in [0.25, 0.3) is 5.91 Å². The Kier molecular flexibility index (Phi) is 4.21. The monoisotopic (exact) mass is 319 g/mol. The number of pyridine rings is 1. The maximum absolute atomic E-state index is 12.3. The van der Waals surface area contributed by atoms with E-state index in [1.165, 1.54) is 0 Å². The zero-order chi connectivity index (χ0) is 16.4. The van der Waals surface area contributed by atoms with Crippen LogP contribution in [0.25, 0.3) is 11.2 Å². The SMILES string of the molecule is CC(C)(CNC(=O)c1ccc2oc(=O)[nH]c2n1)C1CCOCC1. The van der Waals surface area contributed by atoms with Crippen LogP contribution in [-0.4, -0.2) is 35.6 Å². The summed E-state index contributed by atoms with van der Waals surface area (Å²) in [4.78, 5) is 30.0. The van der Waals surface area contributed by atoms with E-state index in [4.69, 9.17) is 9.15 Å². The quantitative estimate of drug-likeness (QED) is 0.894. The molecule has 0 aromatic carbocycles. The van der Waals surface area contributed by atoms with Crippen LogP contribution in [0.5, 0.6) is 0 Å². The average Bonchev–Trinajstić information content (AvgIpc) is 2.92. The fourth-order valence-electron chi connectivity index (χ4n) is 2.99. The summed E-state index contributed by atoms with van der Waals surface area (Å²) in [7, 11) is 0. The Morgan fingerprint density at radius 1 is 1.39 bits per heavy atom. The molecule has 0 bridgehead atoms. The van der Waals surface area contributed by atoms with Crippen molar-refractivity contribution in [2.75, 3.05) is 19.8 Å². The number of H-pyrrole nitrogens is 1. The number of hydrogen-bond donors (Lipinski definition) is 2. The van der Waals surface area contributed by atoms with E-state index in [1.807, 2.05) is 0 Å². The highest BCUT2D eigenvalue weighted by Crippen LogP contribution is 2.33. The number of nitrogens with one attached hydrogen (secondary N) is 2. The van der Waals surface area contributed by atoms with Crippen molar-refractivity contribution in [3.8, 4) is 0 Å². The van der Waals surface area contributed by atoms with Gasteiger partial charge in [-0.1, -0.05) is 13.8 Å². The second kappa shape index (κ2) is 6.16. The van der Waals surface area contributed by atoms with Crippen molar-refractivity contribution in [1.82, 2.24) is 15.3 Å². The Hall–Kier alpha value is -2.15. The number of hydrogen-bond acceptors (Lipinski definition) is 5. The molecule has 3 heterocycles. The molecule has 1 amide bonds. The average molecular weight is 319 g/mol. The van der Waals surface area contributed by atoms with Crippen LogP contribution in [-0.2, 0) is 4.74 Å². The summed E-state index contributed by atoms with van der Waals surface area (Å²) in [6, 6.07) is 3.12. The summed E-state index contributed by atoms with van der Waals surface area (Å²) in [5.41, 5.74) is 0.880. The molecular weight excluding hydrogens is 298 g/mol. The number of oxazole rings is 1. The summed E-state index contributed by atoms with van der Waals surface area (Å²) in [6.07, 6.45) is 2.03. The third-order valence-corrected chi connectivity index (χ3v) is 4.55. The molecule has 0 saturated carbocycles. The van der Waals surface area contributed by atoms with Crippen molar-refractivity contribution in [1.29, 1.82) is 0 Å². The molecule has 1 saturated heterocycles. The minimum Gasteiger partial charge on any atom is -0.406 e. The Bertz CT molecular complexity index is 756. The first-order valence-corrected chi connectivity index (χ1v) is 7.81. The summed E-state index contributed by atoms with van der Waals surface area (Å²) in [5.74, 6) is -0.308. The lowest BCUT2D eigenvalue weighted by Crippen LogP contribution is -2.40. The molecule has 0 aliphatic carbocycles. The van der Waals surface area contributed by atoms with Crippen LogP contribution >= 0.6 is 0 Å². The van der Waals surface area contributed by atoms with Gasteiger partial charge in [0.1, 0.15) is 5.69 Å². The van der Waals surface area contributed by atoms with Gasteiger partial charge in [-0.25, -0.2) is 9.78 Å². The van der Waals surface area contributed by atoms with E-state index in [2.05, 4.69) is 29.1 Å². The summed E-state index contributed by atoms with van der Waals surface area (Å²) >= 11 is 0.